The van der Waals surface area contributed by atoms with E-state index >= 15 is 0 Å². The van der Waals surface area contributed by atoms with Gasteiger partial charge in [-0.3, -0.25) is 38.4 Å². The van der Waals surface area contributed by atoms with E-state index in [0.717, 1.165) is 0 Å². The fourth-order valence-electron chi connectivity index (χ4n) is 6.68. The molecule has 328 valence electrons. The summed E-state index contributed by atoms with van der Waals surface area (Å²) in [6.45, 7) is 8.87. The highest BCUT2D eigenvalue weighted by atomic mass is 16.2. The van der Waals surface area contributed by atoms with Gasteiger partial charge < -0.3 is 48.7 Å². The minimum Gasteiger partial charge on any atom is -0.370 e. The summed E-state index contributed by atoms with van der Waals surface area (Å²) < 4.78 is 0. The maximum atomic E-state index is 14.2. The Kier molecular flexibility index (Phi) is 19.6. The van der Waals surface area contributed by atoms with Crippen LogP contribution in [0, 0.1) is 11.8 Å². The van der Waals surface area contributed by atoms with Crippen molar-refractivity contribution < 1.29 is 38.4 Å². The summed E-state index contributed by atoms with van der Waals surface area (Å²) in [6.07, 6.45) is 0.761. The molecule has 0 aliphatic carbocycles. The molecule has 0 unspecified atom stereocenters. The zero-order valence-electron chi connectivity index (χ0n) is 35.3. The Labute approximate surface area is 352 Å². The maximum Gasteiger partial charge on any atom is 0.243 e. The molecule has 0 spiro atoms. The first kappa shape index (κ1) is 48.5. The molecule has 8 amide bonds. The topological polar surface area (TPSA) is 273 Å². The molecule has 1 aliphatic heterocycles. The molecule has 7 atom stereocenters. The van der Waals surface area contributed by atoms with Crippen LogP contribution in [0.1, 0.15) is 84.3 Å². The summed E-state index contributed by atoms with van der Waals surface area (Å²) in [6, 6.07) is 9.26. The first-order valence-electron chi connectivity index (χ1n) is 20.7. The monoisotopic (exact) mass is 833 g/mol. The van der Waals surface area contributed by atoms with Crippen LogP contribution in [0.25, 0.3) is 0 Å². The van der Waals surface area contributed by atoms with Crippen molar-refractivity contribution in [2.45, 2.75) is 128 Å². The van der Waals surface area contributed by atoms with E-state index < -0.39 is 95.5 Å². The zero-order valence-corrected chi connectivity index (χ0v) is 35.3. The van der Waals surface area contributed by atoms with Crippen molar-refractivity contribution in [2.24, 2.45) is 23.3 Å². The quantitative estimate of drug-likeness (QED) is 0.116. The van der Waals surface area contributed by atoms with E-state index in [2.05, 4.69) is 37.2 Å². The Morgan fingerprint density at radius 2 is 0.983 bits per heavy atom. The fraction of sp³-hybridized carbons (Fsp3) is 0.535. The molecule has 1 saturated heterocycles. The Balaban J connectivity index is 2.14. The van der Waals surface area contributed by atoms with Crippen molar-refractivity contribution >= 4 is 47.3 Å². The number of rotatable bonds is 14. The van der Waals surface area contributed by atoms with Gasteiger partial charge >= 0.3 is 0 Å². The number of hydrogen-bond acceptors (Lipinski definition) is 9. The second-order valence-electron chi connectivity index (χ2n) is 16.1. The average molecular weight is 834 g/mol. The SMILES string of the molecule is CC(C)C[C@@H]1NC(=O)[C@H](CCCCN)NC(=O)[C@H](CCC(N)=O)NC(=O)[C@H](C)NC(=O)[C@H](Cc2ccccc2)NC(=O)[C@@H](Cc2ccccc2)NC(=O)[C@H](C(C)C)NC1=O. The number of hydrogen-bond donors (Lipinski definition) is 9. The van der Waals surface area contributed by atoms with Crippen molar-refractivity contribution in [3.63, 3.8) is 0 Å². The van der Waals surface area contributed by atoms with Crippen LogP contribution in [0.3, 0.4) is 0 Å². The molecule has 0 radical (unpaired) electrons. The average Bonchev–Trinajstić information content (AvgIpc) is 3.19. The van der Waals surface area contributed by atoms with Gasteiger partial charge in [0, 0.05) is 19.3 Å². The van der Waals surface area contributed by atoms with Gasteiger partial charge in [0.05, 0.1) is 0 Å². The third-order valence-electron chi connectivity index (χ3n) is 10.1. The van der Waals surface area contributed by atoms with Gasteiger partial charge in [0.2, 0.25) is 47.3 Å². The molecule has 0 bridgehead atoms. The summed E-state index contributed by atoms with van der Waals surface area (Å²) in [5, 5.41) is 19.0. The second-order valence-corrected chi connectivity index (χ2v) is 16.1. The Morgan fingerprint density at radius 3 is 1.48 bits per heavy atom. The van der Waals surface area contributed by atoms with E-state index in [1.165, 1.54) is 6.92 Å². The van der Waals surface area contributed by atoms with Gasteiger partial charge in [-0.2, -0.15) is 0 Å². The van der Waals surface area contributed by atoms with Crippen LogP contribution in [-0.4, -0.2) is 96.1 Å². The molecule has 60 heavy (non-hydrogen) atoms. The summed E-state index contributed by atoms with van der Waals surface area (Å²) in [5.41, 5.74) is 12.5. The molecule has 3 rings (SSSR count). The minimum atomic E-state index is -1.36. The molecular formula is C43H63N9O8. The third-order valence-corrected chi connectivity index (χ3v) is 10.1. The van der Waals surface area contributed by atoms with Crippen LogP contribution in [0.15, 0.2) is 60.7 Å². The van der Waals surface area contributed by atoms with Crippen LogP contribution in [0.5, 0.6) is 0 Å². The summed E-state index contributed by atoms with van der Waals surface area (Å²) >= 11 is 0. The largest absolute Gasteiger partial charge is 0.370 e. The van der Waals surface area contributed by atoms with E-state index in [1.54, 1.807) is 74.5 Å². The molecule has 17 nitrogen and oxygen atoms in total. The van der Waals surface area contributed by atoms with Gasteiger partial charge in [-0.25, -0.2) is 0 Å². The number of carbonyl (C=O) groups is 8. The number of nitrogens with one attached hydrogen (secondary N) is 7. The lowest BCUT2D eigenvalue weighted by molar-refractivity contribution is -0.136. The molecule has 2 aromatic rings. The maximum absolute atomic E-state index is 14.2. The summed E-state index contributed by atoms with van der Waals surface area (Å²) in [4.78, 5) is 110. The highest BCUT2D eigenvalue weighted by Crippen LogP contribution is 2.13. The molecule has 1 heterocycles. The highest BCUT2D eigenvalue weighted by molar-refractivity contribution is 5.98. The predicted octanol–water partition coefficient (Wildman–Crippen LogP) is -0.00450. The Hall–Kier alpha value is -5.84. The number of primary amides is 1. The Morgan fingerprint density at radius 1 is 0.550 bits per heavy atom. The number of unbranched alkanes of at least 4 members (excludes halogenated alkanes) is 1. The minimum absolute atomic E-state index is 0.0108. The highest BCUT2D eigenvalue weighted by Gasteiger charge is 2.36. The van der Waals surface area contributed by atoms with Crippen molar-refractivity contribution in [1.82, 2.24) is 37.2 Å². The van der Waals surface area contributed by atoms with Crippen molar-refractivity contribution in [1.29, 1.82) is 0 Å². The van der Waals surface area contributed by atoms with E-state index in [1.807, 2.05) is 13.8 Å². The molecule has 0 saturated carbocycles. The van der Waals surface area contributed by atoms with Gasteiger partial charge in [-0.15, -0.1) is 0 Å². The van der Waals surface area contributed by atoms with E-state index in [0.29, 0.717) is 30.5 Å². The van der Waals surface area contributed by atoms with Gasteiger partial charge in [0.15, 0.2) is 0 Å². The smallest absolute Gasteiger partial charge is 0.243 e. The lowest BCUT2D eigenvalue weighted by Crippen LogP contribution is -2.61. The number of benzene rings is 2. The lowest BCUT2D eigenvalue weighted by atomic mass is 9.98. The van der Waals surface area contributed by atoms with Gasteiger partial charge in [-0.1, -0.05) is 88.4 Å². The molecule has 1 aliphatic rings. The van der Waals surface area contributed by atoms with Crippen LogP contribution in [0.2, 0.25) is 0 Å². The third kappa shape index (κ3) is 16.1. The van der Waals surface area contributed by atoms with E-state index in [-0.39, 0.29) is 44.4 Å². The van der Waals surface area contributed by atoms with Crippen molar-refractivity contribution in [2.75, 3.05) is 6.54 Å². The fourth-order valence-corrected chi connectivity index (χ4v) is 6.68. The normalized spacial score (nSPS) is 24.2. The first-order valence-corrected chi connectivity index (χ1v) is 20.7. The number of nitrogens with two attached hydrogens (primary N) is 2. The van der Waals surface area contributed by atoms with E-state index in [4.69, 9.17) is 11.5 Å². The molecule has 17 heteroatoms. The van der Waals surface area contributed by atoms with Crippen molar-refractivity contribution in [3.05, 3.63) is 71.8 Å². The molecule has 1 fully saturated rings. The molecule has 0 aromatic heterocycles. The molecule has 2 aromatic carbocycles. The van der Waals surface area contributed by atoms with E-state index in [9.17, 15) is 38.4 Å². The lowest BCUT2D eigenvalue weighted by Gasteiger charge is -2.29. The summed E-state index contributed by atoms with van der Waals surface area (Å²) in [7, 11) is 0. The van der Waals surface area contributed by atoms with Crippen molar-refractivity contribution in [3.8, 4) is 0 Å². The second kappa shape index (κ2) is 24.3. The van der Waals surface area contributed by atoms with Crippen LogP contribution >= 0.6 is 0 Å². The van der Waals surface area contributed by atoms with Gasteiger partial charge in [0.1, 0.15) is 42.3 Å². The standard InChI is InChI=1S/C43H63N9O8/c1-25(2)22-32-42(59)52-36(26(3)4)43(60)51-34(24-29-16-10-7-11-17-29)41(58)50-33(23-28-14-8-6-9-15-28)40(57)46-27(5)37(54)47-31(19-20-35(45)53)39(56)48-30(38(55)49-32)18-12-13-21-44/h6-11,14-17,25-27,30-34,36H,12-13,18-24,44H2,1-5H3,(H2,45,53)(H,46,57)(H,47,54)(H,48,56)(H,49,55)(H,50,58)(H,51,60)(H,52,59)/t27-,30-,31-,32-,33-,34+,36-/m0/s1. The number of amides is 8. The van der Waals surface area contributed by atoms with Gasteiger partial charge in [-0.05, 0) is 68.5 Å². The van der Waals surface area contributed by atoms with Crippen LogP contribution in [0.4, 0.5) is 0 Å². The van der Waals surface area contributed by atoms with Crippen LogP contribution in [-0.2, 0) is 51.2 Å². The first-order chi connectivity index (χ1) is 28.5. The zero-order chi connectivity index (χ0) is 44.4. The Bertz CT molecular complexity index is 1780. The number of carbonyl (C=O) groups excluding carboxylic acids is 8. The van der Waals surface area contributed by atoms with Gasteiger partial charge in [0.25, 0.3) is 0 Å². The predicted molar refractivity (Wildman–Crippen MR) is 225 cm³/mol. The summed E-state index contributed by atoms with van der Waals surface area (Å²) in [5.74, 6) is -6.36. The van der Waals surface area contributed by atoms with Crippen LogP contribution < -0.4 is 48.7 Å². The molecule has 11 N–H and O–H groups in total. The molecular weight excluding hydrogens is 771 g/mol.